The number of carbonyl (C=O) groups is 1. The van der Waals surface area contributed by atoms with Gasteiger partial charge in [0.15, 0.2) is 5.82 Å². The van der Waals surface area contributed by atoms with Gasteiger partial charge in [0.2, 0.25) is 4.96 Å². The van der Waals surface area contributed by atoms with Gasteiger partial charge in [0.25, 0.3) is 0 Å². The van der Waals surface area contributed by atoms with Crippen molar-refractivity contribution in [3.05, 3.63) is 10.8 Å². The van der Waals surface area contributed by atoms with Crippen molar-refractivity contribution < 1.29 is 9.53 Å². The molecular weight excluding hydrogens is 288 g/mol. The number of esters is 1. The number of carbonyl (C=O) groups excluding carboxylic acids is 1. The molecule has 2 heterocycles. The van der Waals surface area contributed by atoms with Gasteiger partial charge in [-0.25, -0.2) is 0 Å². The van der Waals surface area contributed by atoms with E-state index in [0.29, 0.717) is 12.5 Å². The Morgan fingerprint density at radius 3 is 2.86 bits per heavy atom. The van der Waals surface area contributed by atoms with Crippen molar-refractivity contribution in [3.8, 4) is 0 Å². The van der Waals surface area contributed by atoms with Gasteiger partial charge >= 0.3 is 5.97 Å². The second-order valence-electron chi connectivity index (χ2n) is 5.41. The van der Waals surface area contributed by atoms with Crippen LogP contribution in [0.5, 0.6) is 0 Å². The van der Waals surface area contributed by atoms with Crippen molar-refractivity contribution in [2.24, 2.45) is 0 Å². The molecule has 114 valence electrons. The molecule has 1 aliphatic carbocycles. The molecule has 2 aromatic rings. The topological polar surface area (TPSA) is 69.4 Å². The fourth-order valence-corrected chi connectivity index (χ4v) is 3.55. The molecule has 0 bridgehead atoms. The lowest BCUT2D eigenvalue weighted by molar-refractivity contribution is -0.145. The van der Waals surface area contributed by atoms with E-state index in [2.05, 4.69) is 22.2 Å². The first-order valence-electron chi connectivity index (χ1n) is 7.63. The zero-order chi connectivity index (χ0) is 14.8. The van der Waals surface area contributed by atoms with E-state index < -0.39 is 0 Å². The Hall–Kier alpha value is -1.50. The SMILES string of the molecule is CCCC(C(=O)OCC)c1nn2c(C3CCC3)nnc2s1. The first kappa shape index (κ1) is 14.4. The summed E-state index contributed by atoms with van der Waals surface area (Å²) in [6.07, 6.45) is 5.23. The first-order chi connectivity index (χ1) is 10.2. The second kappa shape index (κ2) is 6.09. The highest BCUT2D eigenvalue weighted by atomic mass is 32.1. The lowest BCUT2D eigenvalue weighted by Gasteiger charge is -2.22. The highest BCUT2D eigenvalue weighted by Gasteiger charge is 2.29. The van der Waals surface area contributed by atoms with Gasteiger partial charge in [0, 0.05) is 5.92 Å². The van der Waals surface area contributed by atoms with Gasteiger partial charge < -0.3 is 4.74 Å². The maximum Gasteiger partial charge on any atom is 0.315 e. The minimum absolute atomic E-state index is 0.186. The Morgan fingerprint density at radius 2 is 2.24 bits per heavy atom. The summed E-state index contributed by atoms with van der Waals surface area (Å²) in [6.45, 7) is 4.29. The van der Waals surface area contributed by atoms with E-state index >= 15 is 0 Å². The number of hydrogen-bond acceptors (Lipinski definition) is 6. The van der Waals surface area contributed by atoms with E-state index in [4.69, 9.17) is 4.74 Å². The predicted octanol–water partition coefficient (Wildman–Crippen LogP) is 2.90. The van der Waals surface area contributed by atoms with Crippen LogP contribution in [0.25, 0.3) is 4.96 Å². The molecule has 1 atom stereocenters. The fraction of sp³-hybridized carbons (Fsp3) is 0.714. The van der Waals surface area contributed by atoms with Gasteiger partial charge in [-0.15, -0.1) is 10.2 Å². The summed E-state index contributed by atoms with van der Waals surface area (Å²) in [5.41, 5.74) is 0. The summed E-state index contributed by atoms with van der Waals surface area (Å²) >= 11 is 1.45. The highest BCUT2D eigenvalue weighted by Crippen LogP contribution is 2.36. The molecule has 6 nitrogen and oxygen atoms in total. The maximum atomic E-state index is 12.1. The Bertz CT molecular complexity index is 632. The van der Waals surface area contributed by atoms with Crippen molar-refractivity contribution in [1.82, 2.24) is 19.8 Å². The van der Waals surface area contributed by atoms with Crippen LogP contribution in [0, 0.1) is 0 Å². The Labute approximate surface area is 127 Å². The Kier molecular flexibility index (Phi) is 4.19. The monoisotopic (exact) mass is 308 g/mol. The van der Waals surface area contributed by atoms with Crippen LogP contribution in [0.3, 0.4) is 0 Å². The first-order valence-corrected chi connectivity index (χ1v) is 8.44. The van der Waals surface area contributed by atoms with Gasteiger partial charge in [-0.1, -0.05) is 31.1 Å². The molecule has 0 radical (unpaired) electrons. The van der Waals surface area contributed by atoms with Crippen molar-refractivity contribution in [1.29, 1.82) is 0 Å². The molecule has 3 rings (SSSR count). The number of hydrogen-bond donors (Lipinski definition) is 0. The van der Waals surface area contributed by atoms with E-state index in [1.54, 1.807) is 0 Å². The van der Waals surface area contributed by atoms with Crippen molar-refractivity contribution in [2.75, 3.05) is 6.61 Å². The summed E-state index contributed by atoms with van der Waals surface area (Å²) in [7, 11) is 0. The smallest absolute Gasteiger partial charge is 0.315 e. The molecule has 2 aromatic heterocycles. The minimum Gasteiger partial charge on any atom is -0.465 e. The number of rotatable bonds is 6. The average Bonchev–Trinajstić information content (AvgIpc) is 2.96. The molecule has 7 heteroatoms. The summed E-state index contributed by atoms with van der Waals surface area (Å²) in [5.74, 6) is 0.949. The van der Waals surface area contributed by atoms with Crippen LogP contribution < -0.4 is 0 Å². The number of aromatic nitrogens is 4. The summed E-state index contributed by atoms with van der Waals surface area (Å²) < 4.78 is 7.00. The van der Waals surface area contributed by atoms with Crippen LogP contribution in [-0.4, -0.2) is 32.4 Å². The molecule has 0 aliphatic heterocycles. The van der Waals surface area contributed by atoms with Crippen molar-refractivity contribution in [3.63, 3.8) is 0 Å². The van der Waals surface area contributed by atoms with Crippen LogP contribution in [0.4, 0.5) is 0 Å². The van der Waals surface area contributed by atoms with E-state index in [0.717, 1.165) is 41.5 Å². The molecule has 1 unspecified atom stereocenters. The second-order valence-corrected chi connectivity index (χ2v) is 6.40. The number of fused-ring (bicyclic) bond motifs is 1. The van der Waals surface area contributed by atoms with E-state index in [1.165, 1.54) is 17.8 Å². The molecule has 0 aromatic carbocycles. The molecule has 0 saturated heterocycles. The third-order valence-electron chi connectivity index (χ3n) is 3.95. The lowest BCUT2D eigenvalue weighted by Crippen LogP contribution is -2.17. The lowest BCUT2D eigenvalue weighted by atomic mass is 9.85. The predicted molar refractivity (Wildman–Crippen MR) is 79.5 cm³/mol. The van der Waals surface area contributed by atoms with Gasteiger partial charge in [0.05, 0.1) is 6.61 Å². The molecule has 1 saturated carbocycles. The van der Waals surface area contributed by atoms with Gasteiger partial charge in [-0.3, -0.25) is 4.79 Å². The van der Waals surface area contributed by atoms with Crippen LogP contribution >= 0.6 is 11.3 Å². The van der Waals surface area contributed by atoms with Gasteiger partial charge in [-0.2, -0.15) is 9.61 Å². The zero-order valence-corrected chi connectivity index (χ0v) is 13.2. The van der Waals surface area contributed by atoms with Crippen LogP contribution in [0.15, 0.2) is 0 Å². The molecule has 0 spiro atoms. The summed E-state index contributed by atoms with van der Waals surface area (Å²) in [6, 6.07) is 0. The van der Waals surface area contributed by atoms with Gasteiger partial charge in [0.1, 0.15) is 10.9 Å². The van der Waals surface area contributed by atoms with Crippen LogP contribution in [0.2, 0.25) is 0 Å². The van der Waals surface area contributed by atoms with Crippen molar-refractivity contribution in [2.45, 2.75) is 57.8 Å². The molecule has 1 aliphatic rings. The normalized spacial score (nSPS) is 16.9. The quantitative estimate of drug-likeness (QED) is 0.767. The minimum atomic E-state index is -0.282. The third-order valence-corrected chi connectivity index (χ3v) is 4.96. The molecule has 0 N–H and O–H groups in total. The largest absolute Gasteiger partial charge is 0.465 e. The number of nitrogens with zero attached hydrogens (tertiary/aromatic N) is 4. The molecular formula is C14H20N4O2S. The van der Waals surface area contributed by atoms with Gasteiger partial charge in [-0.05, 0) is 26.2 Å². The third kappa shape index (κ3) is 2.66. The summed E-state index contributed by atoms with van der Waals surface area (Å²) in [5, 5.41) is 13.9. The van der Waals surface area contributed by atoms with E-state index in [1.807, 2.05) is 11.4 Å². The van der Waals surface area contributed by atoms with Crippen molar-refractivity contribution >= 4 is 22.3 Å². The Balaban J connectivity index is 1.90. The molecule has 1 fully saturated rings. The zero-order valence-electron chi connectivity index (χ0n) is 12.4. The molecule has 0 amide bonds. The summed E-state index contributed by atoms with van der Waals surface area (Å²) in [4.78, 5) is 12.9. The van der Waals surface area contributed by atoms with E-state index in [-0.39, 0.29) is 11.9 Å². The van der Waals surface area contributed by atoms with E-state index in [9.17, 15) is 4.79 Å². The van der Waals surface area contributed by atoms with Crippen LogP contribution in [-0.2, 0) is 9.53 Å². The standard InChI is InChI=1S/C14H20N4O2S/c1-3-6-10(13(19)20-4-2)12-17-18-11(9-7-5-8-9)15-16-14(18)21-12/h9-10H,3-8H2,1-2H3. The van der Waals surface area contributed by atoms with Crippen LogP contribution in [0.1, 0.15) is 68.6 Å². The fourth-order valence-electron chi connectivity index (χ4n) is 2.58. The average molecular weight is 308 g/mol. The molecule has 21 heavy (non-hydrogen) atoms. The Morgan fingerprint density at radius 1 is 1.43 bits per heavy atom. The maximum absolute atomic E-state index is 12.1. The highest BCUT2D eigenvalue weighted by molar-refractivity contribution is 7.16. The number of ether oxygens (including phenoxy) is 1.